The van der Waals surface area contributed by atoms with Crippen LogP contribution in [-0.4, -0.2) is 12.1 Å². The molecule has 0 bridgehead atoms. The normalized spacial score (nSPS) is 12.2. The summed E-state index contributed by atoms with van der Waals surface area (Å²) in [7, 11) is 1.65. The van der Waals surface area contributed by atoms with Crippen molar-refractivity contribution in [2.24, 2.45) is 5.73 Å². The molecule has 4 heteroatoms. The minimum absolute atomic E-state index is 0.413. The quantitative estimate of drug-likeness (QED) is 0.596. The van der Waals surface area contributed by atoms with Gasteiger partial charge in [0.25, 0.3) is 0 Å². The van der Waals surface area contributed by atoms with E-state index in [1.165, 1.54) is 0 Å². The second kappa shape index (κ2) is 6.42. The van der Waals surface area contributed by atoms with Gasteiger partial charge in [-0.05, 0) is 47.5 Å². The lowest BCUT2D eigenvalue weighted by atomic mass is 9.98. The second-order valence-electron chi connectivity index (χ2n) is 5.86. The molecule has 0 aliphatic carbocycles. The Labute approximate surface area is 145 Å². The van der Waals surface area contributed by atoms with Gasteiger partial charge in [0, 0.05) is 23.3 Å². The lowest BCUT2D eigenvalue weighted by molar-refractivity contribution is 0.404. The first-order valence-corrected chi connectivity index (χ1v) is 8.08. The highest BCUT2D eigenvalue weighted by atomic mass is 16.5. The Hall–Kier alpha value is -3.11. The zero-order valence-electron chi connectivity index (χ0n) is 13.8. The summed E-state index contributed by atoms with van der Waals surface area (Å²) in [5, 5.41) is 1.04. The summed E-state index contributed by atoms with van der Waals surface area (Å²) in [6.45, 7) is 0. The molecular weight excluding hydrogens is 312 g/mol. The number of fused-ring (bicyclic) bond motifs is 1. The summed E-state index contributed by atoms with van der Waals surface area (Å²) < 4.78 is 11.5. The first-order chi connectivity index (χ1) is 12.3. The van der Waals surface area contributed by atoms with E-state index in [4.69, 9.17) is 14.9 Å². The number of methoxy groups -OCH3 is 1. The van der Waals surface area contributed by atoms with Crippen LogP contribution in [0.3, 0.4) is 0 Å². The van der Waals surface area contributed by atoms with Gasteiger partial charge in [0.05, 0.1) is 13.2 Å². The molecule has 25 heavy (non-hydrogen) atoms. The van der Waals surface area contributed by atoms with Gasteiger partial charge in [-0.2, -0.15) is 0 Å². The van der Waals surface area contributed by atoms with Crippen LogP contribution in [0.15, 0.2) is 77.5 Å². The minimum Gasteiger partial charge on any atom is -0.496 e. The maximum absolute atomic E-state index is 6.52. The lowest BCUT2D eigenvalue weighted by Crippen LogP contribution is -2.12. The first-order valence-electron chi connectivity index (χ1n) is 8.08. The van der Waals surface area contributed by atoms with Crippen LogP contribution in [0.1, 0.15) is 17.4 Å². The smallest absolute Gasteiger partial charge is 0.134 e. The number of furan rings is 1. The van der Waals surface area contributed by atoms with E-state index < -0.39 is 6.04 Å². The molecule has 0 saturated heterocycles. The van der Waals surface area contributed by atoms with Crippen molar-refractivity contribution >= 4 is 11.0 Å². The Balaban J connectivity index is 1.79. The molecule has 4 aromatic rings. The number of ether oxygens (including phenoxy) is 1. The Morgan fingerprint density at radius 1 is 0.960 bits per heavy atom. The van der Waals surface area contributed by atoms with E-state index in [2.05, 4.69) is 4.98 Å². The molecular formula is C21H18N2O2. The predicted octanol–water partition coefficient (Wildman–Crippen LogP) is 4.55. The molecule has 2 aromatic carbocycles. The molecule has 0 saturated carbocycles. The van der Waals surface area contributed by atoms with Gasteiger partial charge in [-0.15, -0.1) is 0 Å². The standard InChI is InChI=1S/C21H18N2O2/c1-24-19-7-6-15(14-8-10-23-11-9-14)12-17(19)21(22)20-13-16-4-2-3-5-18(16)25-20/h2-13,21H,22H2,1H3. The van der Waals surface area contributed by atoms with Crippen LogP contribution in [0.2, 0.25) is 0 Å². The Morgan fingerprint density at radius 3 is 2.52 bits per heavy atom. The van der Waals surface area contributed by atoms with Gasteiger partial charge < -0.3 is 14.9 Å². The summed E-state index contributed by atoms with van der Waals surface area (Å²) >= 11 is 0. The molecule has 0 aliphatic heterocycles. The number of benzene rings is 2. The molecule has 1 atom stereocenters. The number of aromatic nitrogens is 1. The van der Waals surface area contributed by atoms with Crippen molar-refractivity contribution in [1.29, 1.82) is 0 Å². The van der Waals surface area contributed by atoms with Gasteiger partial charge in [-0.3, -0.25) is 4.98 Å². The molecule has 2 N–H and O–H groups in total. The SMILES string of the molecule is COc1ccc(-c2ccncc2)cc1C(N)c1cc2ccccc2o1. The van der Waals surface area contributed by atoms with Crippen molar-refractivity contribution in [2.45, 2.75) is 6.04 Å². The van der Waals surface area contributed by atoms with E-state index in [9.17, 15) is 0 Å². The highest BCUT2D eigenvalue weighted by Gasteiger charge is 2.19. The van der Waals surface area contributed by atoms with Crippen molar-refractivity contribution < 1.29 is 9.15 Å². The highest BCUT2D eigenvalue weighted by molar-refractivity contribution is 5.78. The zero-order valence-corrected chi connectivity index (χ0v) is 13.8. The molecule has 4 rings (SSSR count). The molecule has 4 nitrogen and oxygen atoms in total. The van der Waals surface area contributed by atoms with Gasteiger partial charge in [-0.1, -0.05) is 24.3 Å². The Kier molecular flexibility index (Phi) is 3.96. The van der Waals surface area contributed by atoms with Gasteiger partial charge in [-0.25, -0.2) is 0 Å². The average Bonchev–Trinajstić information content (AvgIpc) is 3.12. The van der Waals surface area contributed by atoms with E-state index in [1.54, 1.807) is 19.5 Å². The summed E-state index contributed by atoms with van der Waals surface area (Å²) in [5.74, 6) is 1.46. The van der Waals surface area contributed by atoms with Crippen LogP contribution >= 0.6 is 0 Å². The summed E-state index contributed by atoms with van der Waals surface area (Å²) in [5.41, 5.74) is 10.4. The fraction of sp³-hybridized carbons (Fsp3) is 0.0952. The number of pyridine rings is 1. The third-order valence-corrected chi connectivity index (χ3v) is 4.33. The molecule has 0 aliphatic rings. The van der Waals surface area contributed by atoms with Crippen LogP contribution in [-0.2, 0) is 0 Å². The van der Waals surface area contributed by atoms with Crippen molar-refractivity contribution in [1.82, 2.24) is 4.98 Å². The van der Waals surface area contributed by atoms with Gasteiger partial charge in [0.15, 0.2) is 0 Å². The topological polar surface area (TPSA) is 61.3 Å². The largest absolute Gasteiger partial charge is 0.496 e. The molecule has 2 aromatic heterocycles. The van der Waals surface area contributed by atoms with Crippen LogP contribution in [0.25, 0.3) is 22.1 Å². The van der Waals surface area contributed by atoms with Crippen molar-refractivity contribution in [3.05, 3.63) is 84.4 Å². The van der Waals surface area contributed by atoms with E-state index in [0.717, 1.165) is 33.4 Å². The van der Waals surface area contributed by atoms with Crippen LogP contribution in [0.5, 0.6) is 5.75 Å². The van der Waals surface area contributed by atoms with Crippen LogP contribution < -0.4 is 10.5 Å². The maximum atomic E-state index is 6.52. The fourth-order valence-corrected chi connectivity index (χ4v) is 3.01. The van der Waals surface area contributed by atoms with Crippen molar-refractivity contribution in [3.63, 3.8) is 0 Å². The lowest BCUT2D eigenvalue weighted by Gasteiger charge is -2.15. The number of hydrogen-bond donors (Lipinski definition) is 1. The molecule has 0 fully saturated rings. The summed E-state index contributed by atoms with van der Waals surface area (Å²) in [4.78, 5) is 4.07. The monoisotopic (exact) mass is 330 g/mol. The van der Waals surface area contributed by atoms with Gasteiger partial charge in [0.2, 0.25) is 0 Å². The number of nitrogens with two attached hydrogens (primary N) is 1. The third kappa shape index (κ3) is 2.88. The van der Waals surface area contributed by atoms with E-state index >= 15 is 0 Å². The van der Waals surface area contributed by atoms with E-state index in [-0.39, 0.29) is 0 Å². The molecule has 2 heterocycles. The number of para-hydroxylation sites is 1. The van der Waals surface area contributed by atoms with Gasteiger partial charge >= 0.3 is 0 Å². The minimum atomic E-state index is -0.413. The van der Waals surface area contributed by atoms with Gasteiger partial charge in [0.1, 0.15) is 17.1 Å². The molecule has 0 radical (unpaired) electrons. The Bertz CT molecular complexity index is 976. The Morgan fingerprint density at radius 2 is 1.76 bits per heavy atom. The molecule has 124 valence electrons. The third-order valence-electron chi connectivity index (χ3n) is 4.33. The molecule has 1 unspecified atom stereocenters. The predicted molar refractivity (Wildman–Crippen MR) is 98.5 cm³/mol. The molecule has 0 amide bonds. The fourth-order valence-electron chi connectivity index (χ4n) is 3.01. The number of nitrogens with zero attached hydrogens (tertiary/aromatic N) is 1. The van der Waals surface area contributed by atoms with Crippen LogP contribution in [0, 0.1) is 0 Å². The van der Waals surface area contributed by atoms with E-state index in [0.29, 0.717) is 5.76 Å². The maximum Gasteiger partial charge on any atom is 0.134 e. The average molecular weight is 330 g/mol. The van der Waals surface area contributed by atoms with Crippen LogP contribution in [0.4, 0.5) is 0 Å². The van der Waals surface area contributed by atoms with Crippen molar-refractivity contribution in [2.75, 3.05) is 7.11 Å². The van der Waals surface area contributed by atoms with E-state index in [1.807, 2.05) is 60.7 Å². The van der Waals surface area contributed by atoms with Crippen molar-refractivity contribution in [3.8, 4) is 16.9 Å². The molecule has 0 spiro atoms. The number of hydrogen-bond acceptors (Lipinski definition) is 4. The number of rotatable bonds is 4. The second-order valence-corrected chi connectivity index (χ2v) is 5.86. The summed E-state index contributed by atoms with van der Waals surface area (Å²) in [6.07, 6.45) is 3.55. The first kappa shape index (κ1) is 15.4. The highest BCUT2D eigenvalue weighted by Crippen LogP contribution is 2.34. The zero-order chi connectivity index (χ0) is 17.2. The summed E-state index contributed by atoms with van der Waals surface area (Å²) in [6, 6.07) is 19.4.